The highest BCUT2D eigenvalue weighted by Crippen LogP contribution is 2.37. The number of hydrogen-bond donors (Lipinski definition) is 0. The summed E-state index contributed by atoms with van der Waals surface area (Å²) in [7, 11) is 1.31. The molecule has 1 heterocycles. The van der Waals surface area contributed by atoms with Gasteiger partial charge >= 0.3 is 11.9 Å². The van der Waals surface area contributed by atoms with Gasteiger partial charge in [-0.05, 0) is 13.8 Å². The number of rotatable bonds is 1. The number of cyclic esters (lactones) is 1. The van der Waals surface area contributed by atoms with Crippen molar-refractivity contribution in [2.24, 2.45) is 11.8 Å². The molecule has 0 radical (unpaired) electrons. The van der Waals surface area contributed by atoms with Crippen molar-refractivity contribution < 1.29 is 19.1 Å². The first-order valence-corrected chi connectivity index (χ1v) is 4.21. The van der Waals surface area contributed by atoms with Gasteiger partial charge in [0.05, 0.1) is 13.0 Å². The van der Waals surface area contributed by atoms with Gasteiger partial charge in [0, 0.05) is 0 Å². The second kappa shape index (κ2) is 3.01. The van der Waals surface area contributed by atoms with Crippen LogP contribution in [0.15, 0.2) is 0 Å². The van der Waals surface area contributed by atoms with E-state index in [9.17, 15) is 9.59 Å². The summed E-state index contributed by atoms with van der Waals surface area (Å²) in [5.41, 5.74) is -0.746. The monoisotopic (exact) mass is 186 g/mol. The first-order chi connectivity index (χ1) is 5.90. The minimum absolute atomic E-state index is 0.333. The molecular weight excluding hydrogens is 172 g/mol. The lowest BCUT2D eigenvalue weighted by atomic mass is 9.84. The Morgan fingerprint density at radius 3 is 2.38 bits per heavy atom. The van der Waals surface area contributed by atoms with Crippen LogP contribution in [0.5, 0.6) is 0 Å². The predicted molar refractivity (Wildman–Crippen MR) is 44.8 cm³/mol. The average molecular weight is 186 g/mol. The molecule has 0 aromatic rings. The van der Waals surface area contributed by atoms with E-state index < -0.39 is 17.4 Å². The lowest BCUT2D eigenvalue weighted by Gasteiger charge is -2.23. The Bertz CT molecular complexity index is 244. The van der Waals surface area contributed by atoms with Gasteiger partial charge in [-0.3, -0.25) is 9.59 Å². The summed E-state index contributed by atoms with van der Waals surface area (Å²) in [6.45, 7) is 5.12. The summed E-state index contributed by atoms with van der Waals surface area (Å²) in [6, 6.07) is 0. The third-order valence-corrected chi connectivity index (χ3v) is 2.44. The Labute approximate surface area is 77.2 Å². The minimum atomic E-state index is -0.746. The summed E-state index contributed by atoms with van der Waals surface area (Å²) >= 11 is 0. The molecule has 1 aliphatic rings. The fraction of sp³-hybridized carbons (Fsp3) is 0.778. The van der Waals surface area contributed by atoms with Gasteiger partial charge < -0.3 is 9.47 Å². The molecule has 2 atom stereocenters. The molecule has 0 aliphatic carbocycles. The molecule has 1 rings (SSSR count). The van der Waals surface area contributed by atoms with Crippen LogP contribution < -0.4 is 0 Å². The Balaban J connectivity index is 2.93. The van der Waals surface area contributed by atoms with E-state index >= 15 is 0 Å². The predicted octanol–water partition coefficient (Wildman–Crippen LogP) is 0.747. The van der Waals surface area contributed by atoms with Crippen LogP contribution >= 0.6 is 0 Å². The largest absolute Gasteiger partial charge is 0.469 e. The summed E-state index contributed by atoms with van der Waals surface area (Å²) in [4.78, 5) is 22.5. The zero-order valence-corrected chi connectivity index (χ0v) is 8.29. The topological polar surface area (TPSA) is 52.6 Å². The summed E-state index contributed by atoms with van der Waals surface area (Å²) < 4.78 is 9.67. The van der Waals surface area contributed by atoms with E-state index in [0.717, 1.165) is 0 Å². The van der Waals surface area contributed by atoms with E-state index in [0.29, 0.717) is 0 Å². The number of carbonyl (C=O) groups is 2. The van der Waals surface area contributed by atoms with Crippen LogP contribution in [-0.2, 0) is 19.1 Å². The van der Waals surface area contributed by atoms with Crippen LogP contribution in [0.1, 0.15) is 20.8 Å². The van der Waals surface area contributed by atoms with Crippen molar-refractivity contribution in [3.63, 3.8) is 0 Å². The third-order valence-electron chi connectivity index (χ3n) is 2.44. The first-order valence-electron chi connectivity index (χ1n) is 4.21. The zero-order chi connectivity index (χ0) is 10.2. The van der Waals surface area contributed by atoms with Gasteiger partial charge in [0.2, 0.25) is 0 Å². The fourth-order valence-corrected chi connectivity index (χ4v) is 1.77. The molecule has 0 saturated carbocycles. The molecule has 0 amide bonds. The van der Waals surface area contributed by atoms with Gasteiger partial charge in [0.25, 0.3) is 0 Å². The fourth-order valence-electron chi connectivity index (χ4n) is 1.77. The Morgan fingerprint density at radius 2 is 2.08 bits per heavy atom. The molecule has 0 aromatic carbocycles. The first kappa shape index (κ1) is 10.0. The van der Waals surface area contributed by atoms with Gasteiger partial charge in [-0.15, -0.1) is 0 Å². The zero-order valence-electron chi connectivity index (χ0n) is 8.29. The van der Waals surface area contributed by atoms with Gasteiger partial charge in [0.1, 0.15) is 11.5 Å². The number of ether oxygens (including phenoxy) is 2. The molecule has 1 aliphatic heterocycles. The van der Waals surface area contributed by atoms with Gasteiger partial charge in [0.15, 0.2) is 0 Å². The number of hydrogen-bond acceptors (Lipinski definition) is 4. The molecule has 1 saturated heterocycles. The molecule has 0 aromatic heterocycles. The van der Waals surface area contributed by atoms with E-state index in [1.54, 1.807) is 20.8 Å². The van der Waals surface area contributed by atoms with Crippen molar-refractivity contribution in [3.8, 4) is 0 Å². The molecule has 0 unspecified atom stereocenters. The molecule has 13 heavy (non-hydrogen) atoms. The van der Waals surface area contributed by atoms with Gasteiger partial charge in [-0.1, -0.05) is 6.92 Å². The van der Waals surface area contributed by atoms with Crippen molar-refractivity contribution in [1.82, 2.24) is 0 Å². The van der Waals surface area contributed by atoms with E-state index in [2.05, 4.69) is 4.74 Å². The molecule has 74 valence electrons. The highest BCUT2D eigenvalue weighted by atomic mass is 16.6. The van der Waals surface area contributed by atoms with Crippen molar-refractivity contribution in [2.75, 3.05) is 7.11 Å². The normalized spacial score (nSPS) is 31.2. The van der Waals surface area contributed by atoms with Gasteiger partial charge in [-0.25, -0.2) is 0 Å². The molecule has 0 N–H and O–H groups in total. The van der Waals surface area contributed by atoms with Crippen molar-refractivity contribution in [2.45, 2.75) is 26.4 Å². The Kier molecular flexibility index (Phi) is 2.32. The summed E-state index contributed by atoms with van der Waals surface area (Å²) in [6.07, 6.45) is 0. The molecule has 0 bridgehead atoms. The quantitative estimate of drug-likeness (QED) is 0.567. The third kappa shape index (κ3) is 1.53. The molecule has 1 fully saturated rings. The average Bonchev–Trinajstić information content (AvgIpc) is 2.21. The summed E-state index contributed by atoms with van der Waals surface area (Å²) in [5, 5.41) is 0. The lowest BCUT2D eigenvalue weighted by Crippen LogP contribution is -2.36. The second-order valence-electron chi connectivity index (χ2n) is 3.81. The maximum atomic E-state index is 11.3. The highest BCUT2D eigenvalue weighted by Gasteiger charge is 2.52. The molecular formula is C9H14O4. The molecule has 4 heteroatoms. The van der Waals surface area contributed by atoms with Crippen molar-refractivity contribution >= 4 is 11.9 Å². The number of esters is 2. The van der Waals surface area contributed by atoms with Crippen LogP contribution in [0.25, 0.3) is 0 Å². The van der Waals surface area contributed by atoms with Crippen LogP contribution in [0.3, 0.4) is 0 Å². The second-order valence-corrected chi connectivity index (χ2v) is 3.81. The highest BCUT2D eigenvalue weighted by molar-refractivity contribution is 5.86. The van der Waals surface area contributed by atoms with E-state index in [4.69, 9.17) is 4.74 Å². The van der Waals surface area contributed by atoms with E-state index in [1.807, 2.05) is 0 Å². The lowest BCUT2D eigenvalue weighted by molar-refractivity contribution is -0.153. The van der Waals surface area contributed by atoms with E-state index in [1.165, 1.54) is 7.11 Å². The SMILES string of the molecule is COC(=O)[C@H]1[C@H](C)C(=O)OC1(C)C. The number of methoxy groups -OCH3 is 1. The van der Waals surface area contributed by atoms with E-state index in [-0.39, 0.29) is 11.9 Å². The molecule has 0 spiro atoms. The summed E-state index contributed by atoms with van der Waals surface area (Å²) in [5.74, 6) is -1.63. The van der Waals surface area contributed by atoms with Crippen LogP contribution in [0.4, 0.5) is 0 Å². The maximum absolute atomic E-state index is 11.3. The Morgan fingerprint density at radius 1 is 1.54 bits per heavy atom. The van der Waals surface area contributed by atoms with Crippen molar-refractivity contribution in [1.29, 1.82) is 0 Å². The van der Waals surface area contributed by atoms with Crippen LogP contribution in [0, 0.1) is 11.8 Å². The smallest absolute Gasteiger partial charge is 0.313 e. The Hall–Kier alpha value is -1.06. The van der Waals surface area contributed by atoms with Crippen LogP contribution in [-0.4, -0.2) is 24.6 Å². The minimum Gasteiger partial charge on any atom is -0.469 e. The van der Waals surface area contributed by atoms with Crippen molar-refractivity contribution in [3.05, 3.63) is 0 Å². The molecule has 4 nitrogen and oxygen atoms in total. The standard InChI is InChI=1S/C9H14O4/c1-5-6(8(11)12-4)9(2,3)13-7(5)10/h5-6H,1-4H3/t5-,6+/m0/s1. The van der Waals surface area contributed by atoms with Crippen LogP contribution in [0.2, 0.25) is 0 Å². The van der Waals surface area contributed by atoms with Gasteiger partial charge in [-0.2, -0.15) is 0 Å². The number of carbonyl (C=O) groups excluding carboxylic acids is 2. The maximum Gasteiger partial charge on any atom is 0.313 e.